The first kappa shape index (κ1) is 24.8. The van der Waals surface area contributed by atoms with Crippen molar-refractivity contribution in [1.82, 2.24) is 5.16 Å². The topological polar surface area (TPSA) is 98.5 Å². The van der Waals surface area contributed by atoms with Gasteiger partial charge in [0.15, 0.2) is 0 Å². The van der Waals surface area contributed by atoms with E-state index in [-0.39, 0.29) is 11.9 Å². The fourth-order valence-corrected chi connectivity index (χ4v) is 3.61. The molecule has 2 aromatic carbocycles. The molecule has 3 aromatic rings. The summed E-state index contributed by atoms with van der Waals surface area (Å²) < 4.78 is 10.8. The summed E-state index contributed by atoms with van der Waals surface area (Å²) in [6.45, 7) is 5.76. The van der Waals surface area contributed by atoms with E-state index in [1.54, 1.807) is 19.9 Å². The van der Waals surface area contributed by atoms with Crippen LogP contribution in [0.5, 0.6) is 0 Å². The Kier molecular flexibility index (Phi) is 7.91. The molecule has 1 aromatic heterocycles. The van der Waals surface area contributed by atoms with Crippen molar-refractivity contribution in [3.63, 3.8) is 0 Å². The second-order valence-corrected chi connectivity index (χ2v) is 8.54. The first-order valence-corrected chi connectivity index (χ1v) is 11.0. The Balaban J connectivity index is 0.00000103. The standard InChI is InChI=1S/C25H23ClN2O3.CO2/c1-16-23(27-24(29)30-17(2)20-6-4-5-7-21(20)26)22(31-28-16)13-10-18-8-11-19(12-9-18)25(3)14-15-25;2-1-3/h4-9,11-12,17H,14-15H2,1-3H3,(H,27,29);. The van der Waals surface area contributed by atoms with Gasteiger partial charge in [0.25, 0.3) is 0 Å². The number of benzene rings is 2. The van der Waals surface area contributed by atoms with Crippen LogP contribution >= 0.6 is 11.6 Å². The highest BCUT2D eigenvalue weighted by Crippen LogP contribution is 2.47. The number of hydrogen-bond donors (Lipinski definition) is 1. The predicted octanol–water partition coefficient (Wildman–Crippen LogP) is 5.81. The SMILES string of the molecule is Cc1noc(C#Cc2ccc(C3(C)CC3)cc2)c1NC(=O)OC(C)c1ccccc1Cl.O=C=O. The highest BCUT2D eigenvalue weighted by Gasteiger charge is 2.38. The third-order valence-electron chi connectivity index (χ3n) is 5.62. The van der Waals surface area contributed by atoms with Gasteiger partial charge in [-0.1, -0.05) is 59.9 Å². The number of aromatic nitrogens is 1. The van der Waals surface area contributed by atoms with E-state index in [1.165, 1.54) is 18.4 Å². The van der Waals surface area contributed by atoms with Gasteiger partial charge in [-0.2, -0.15) is 9.59 Å². The smallest absolute Gasteiger partial charge is 0.412 e. The van der Waals surface area contributed by atoms with Crippen LogP contribution in [0.2, 0.25) is 5.02 Å². The molecule has 34 heavy (non-hydrogen) atoms. The van der Waals surface area contributed by atoms with Gasteiger partial charge in [0.1, 0.15) is 17.5 Å². The van der Waals surface area contributed by atoms with Gasteiger partial charge in [0.2, 0.25) is 5.76 Å². The third kappa shape index (κ3) is 6.14. The molecule has 0 radical (unpaired) electrons. The van der Waals surface area contributed by atoms with Crippen LogP contribution in [-0.2, 0) is 19.7 Å². The van der Waals surface area contributed by atoms with Gasteiger partial charge in [0.05, 0.1) is 0 Å². The Labute approximate surface area is 202 Å². The summed E-state index contributed by atoms with van der Waals surface area (Å²) in [4.78, 5) is 28.7. The molecule has 1 amide bonds. The number of rotatable bonds is 4. The third-order valence-corrected chi connectivity index (χ3v) is 5.96. The minimum atomic E-state index is -0.635. The Hall–Kier alpha value is -3.85. The van der Waals surface area contributed by atoms with Crippen molar-refractivity contribution in [3.05, 3.63) is 81.7 Å². The molecule has 1 saturated carbocycles. The summed E-state index contributed by atoms with van der Waals surface area (Å²) in [6.07, 6.45) is 1.56. The Morgan fingerprint density at radius 3 is 2.41 bits per heavy atom. The number of ether oxygens (including phenoxy) is 1. The summed E-state index contributed by atoms with van der Waals surface area (Å²) in [6, 6.07) is 15.5. The average molecular weight is 479 g/mol. The summed E-state index contributed by atoms with van der Waals surface area (Å²) in [5, 5.41) is 7.15. The molecule has 4 rings (SSSR count). The zero-order valence-corrected chi connectivity index (χ0v) is 19.7. The normalized spacial score (nSPS) is 13.8. The molecule has 0 saturated heterocycles. The zero-order chi connectivity index (χ0) is 24.7. The van der Waals surface area contributed by atoms with Crippen LogP contribution in [0.1, 0.15) is 60.9 Å². The maximum atomic E-state index is 12.4. The van der Waals surface area contributed by atoms with E-state index in [2.05, 4.69) is 41.4 Å². The molecule has 8 heteroatoms. The number of carbonyl (C=O) groups is 1. The second kappa shape index (κ2) is 10.8. The van der Waals surface area contributed by atoms with Gasteiger partial charge in [-0.05, 0) is 61.8 Å². The zero-order valence-electron chi connectivity index (χ0n) is 19.0. The molecule has 1 unspecified atom stereocenters. The molecule has 1 aliphatic carbocycles. The Bertz CT molecular complexity index is 1260. The van der Waals surface area contributed by atoms with Crippen LogP contribution in [0.3, 0.4) is 0 Å². The van der Waals surface area contributed by atoms with E-state index in [4.69, 9.17) is 30.4 Å². The van der Waals surface area contributed by atoms with E-state index >= 15 is 0 Å². The lowest BCUT2D eigenvalue weighted by atomic mass is 9.97. The highest BCUT2D eigenvalue weighted by atomic mass is 35.5. The lowest BCUT2D eigenvalue weighted by Crippen LogP contribution is -2.17. The minimum absolute atomic E-state index is 0.250. The monoisotopic (exact) mass is 478 g/mol. The van der Waals surface area contributed by atoms with Crippen LogP contribution in [0.15, 0.2) is 53.1 Å². The molecule has 1 heterocycles. The van der Waals surface area contributed by atoms with Crippen molar-refractivity contribution in [2.24, 2.45) is 0 Å². The van der Waals surface area contributed by atoms with E-state index in [0.29, 0.717) is 21.8 Å². The molecule has 7 nitrogen and oxygen atoms in total. The molecule has 0 bridgehead atoms. The average Bonchev–Trinajstić information content (AvgIpc) is 3.48. The number of nitrogens with one attached hydrogen (secondary N) is 1. The van der Waals surface area contributed by atoms with Crippen LogP contribution in [0.25, 0.3) is 0 Å². The number of hydrogen-bond acceptors (Lipinski definition) is 6. The van der Waals surface area contributed by atoms with Crippen molar-refractivity contribution in [3.8, 4) is 11.8 Å². The van der Waals surface area contributed by atoms with Crippen molar-refractivity contribution in [2.75, 3.05) is 5.32 Å². The highest BCUT2D eigenvalue weighted by molar-refractivity contribution is 6.31. The quantitative estimate of drug-likeness (QED) is 0.475. The van der Waals surface area contributed by atoms with Crippen LogP contribution in [-0.4, -0.2) is 17.4 Å². The summed E-state index contributed by atoms with van der Waals surface area (Å²) in [7, 11) is 0. The van der Waals surface area contributed by atoms with Gasteiger partial charge in [-0.15, -0.1) is 0 Å². The van der Waals surface area contributed by atoms with Gasteiger partial charge < -0.3 is 9.26 Å². The maximum absolute atomic E-state index is 12.4. The number of aryl methyl sites for hydroxylation is 1. The lowest BCUT2D eigenvalue weighted by molar-refractivity contribution is -0.191. The molecule has 0 spiro atoms. The summed E-state index contributed by atoms with van der Waals surface area (Å²) in [5.74, 6) is 6.30. The number of anilines is 1. The van der Waals surface area contributed by atoms with Crippen LogP contribution in [0, 0.1) is 18.8 Å². The maximum Gasteiger partial charge on any atom is 0.412 e. The molecule has 1 fully saturated rings. The number of halogens is 1. The van der Waals surface area contributed by atoms with Gasteiger partial charge in [-0.25, -0.2) is 4.79 Å². The first-order chi connectivity index (χ1) is 16.3. The molecule has 1 aliphatic rings. The number of carbonyl (C=O) groups excluding carboxylic acids is 3. The summed E-state index contributed by atoms with van der Waals surface area (Å²) in [5.41, 5.74) is 4.17. The van der Waals surface area contributed by atoms with E-state index in [0.717, 1.165) is 11.1 Å². The number of amides is 1. The first-order valence-electron chi connectivity index (χ1n) is 10.6. The van der Waals surface area contributed by atoms with Crippen LogP contribution < -0.4 is 5.32 Å². The molecule has 174 valence electrons. The minimum Gasteiger partial charge on any atom is -0.441 e. The van der Waals surface area contributed by atoms with E-state index in [1.807, 2.05) is 30.3 Å². The largest absolute Gasteiger partial charge is 0.441 e. The molecular formula is C26H23ClN2O5. The summed E-state index contributed by atoms with van der Waals surface area (Å²) >= 11 is 6.18. The van der Waals surface area contributed by atoms with Crippen molar-refractivity contribution in [2.45, 2.75) is 45.1 Å². The van der Waals surface area contributed by atoms with Crippen molar-refractivity contribution in [1.29, 1.82) is 0 Å². The van der Waals surface area contributed by atoms with Crippen LogP contribution in [0.4, 0.5) is 10.5 Å². The molecular weight excluding hydrogens is 456 g/mol. The molecule has 1 atom stereocenters. The fourth-order valence-electron chi connectivity index (χ4n) is 3.32. The fraction of sp³-hybridized carbons (Fsp3) is 0.269. The second-order valence-electron chi connectivity index (χ2n) is 8.14. The molecule has 1 N–H and O–H groups in total. The van der Waals surface area contributed by atoms with Crippen molar-refractivity contribution < 1.29 is 23.6 Å². The lowest BCUT2D eigenvalue weighted by Gasteiger charge is -2.15. The van der Waals surface area contributed by atoms with Gasteiger partial charge >= 0.3 is 12.2 Å². The Morgan fingerprint density at radius 2 is 1.79 bits per heavy atom. The van der Waals surface area contributed by atoms with Gasteiger partial charge in [-0.3, -0.25) is 5.32 Å². The number of nitrogens with zero attached hydrogens (tertiary/aromatic N) is 1. The predicted molar refractivity (Wildman–Crippen MR) is 125 cm³/mol. The van der Waals surface area contributed by atoms with Gasteiger partial charge in [0, 0.05) is 16.1 Å². The molecule has 0 aliphatic heterocycles. The Morgan fingerprint density at radius 1 is 1.15 bits per heavy atom. The van der Waals surface area contributed by atoms with E-state index < -0.39 is 12.2 Å². The van der Waals surface area contributed by atoms with Crippen molar-refractivity contribution >= 4 is 29.5 Å². The van der Waals surface area contributed by atoms with E-state index in [9.17, 15) is 4.79 Å².